The van der Waals surface area contributed by atoms with E-state index >= 15 is 0 Å². The number of anilines is 3. The maximum atomic E-state index is 11.3. The third kappa shape index (κ3) is 4.94. The summed E-state index contributed by atoms with van der Waals surface area (Å²) in [7, 11) is 0. The zero-order valence-corrected chi connectivity index (χ0v) is 34.1. The summed E-state index contributed by atoms with van der Waals surface area (Å²) in [6.07, 6.45) is 0. The van der Waals surface area contributed by atoms with Crippen LogP contribution in [0.5, 0.6) is 0 Å². The molecular weight excluding hydrogens is 755 g/mol. The van der Waals surface area contributed by atoms with Crippen LogP contribution in [0, 0.1) is 22.7 Å². The summed E-state index contributed by atoms with van der Waals surface area (Å²) in [4.78, 5) is 2.28. The Balaban J connectivity index is 1.17. The Morgan fingerprint density at radius 3 is 1.77 bits per heavy atom. The third-order valence-electron chi connectivity index (χ3n) is 13.1. The summed E-state index contributed by atoms with van der Waals surface area (Å²) in [6.45, 7) is 4.59. The van der Waals surface area contributed by atoms with Crippen LogP contribution < -0.4 is 4.90 Å². The van der Waals surface area contributed by atoms with Crippen LogP contribution >= 0.6 is 0 Å². The van der Waals surface area contributed by atoms with Crippen LogP contribution in [0.4, 0.5) is 17.1 Å². The molecule has 290 valence electrons. The van der Waals surface area contributed by atoms with Crippen LogP contribution in [0.2, 0.25) is 0 Å². The molecule has 0 fully saturated rings. The van der Waals surface area contributed by atoms with Gasteiger partial charge in [-0.15, -0.1) is 0 Å². The summed E-state index contributed by atoms with van der Waals surface area (Å²) in [5.74, 6) is 0. The van der Waals surface area contributed by atoms with E-state index in [1.54, 1.807) is 0 Å². The zero-order valence-electron chi connectivity index (χ0n) is 34.1. The van der Waals surface area contributed by atoms with Crippen molar-refractivity contribution in [3.05, 3.63) is 210 Å². The third-order valence-corrected chi connectivity index (χ3v) is 13.1. The maximum Gasteiger partial charge on any atom is 0.101 e. The fourth-order valence-corrected chi connectivity index (χ4v) is 10.4. The quantitative estimate of drug-likeness (QED) is 0.174. The molecule has 5 heteroatoms. The van der Waals surface area contributed by atoms with E-state index in [1.807, 2.05) is 30.3 Å². The van der Waals surface area contributed by atoms with Gasteiger partial charge < -0.3 is 14.0 Å². The van der Waals surface area contributed by atoms with E-state index < -0.39 is 0 Å². The monoisotopic (exact) mass is 791 g/mol. The normalized spacial score (nSPS) is 12.8. The molecule has 0 spiro atoms. The minimum absolute atomic E-state index is 0.246. The standard InChI is InChI=1S/C57H37N5/c1-57(2)47-23-13-11-21-44(47)55-48(57)28-27-43-46-33-41(60(39-16-5-3-6-17-39)40-18-7-4-8-19-40)26-30-50(46)62(56(43)55)53-32-37(34-58)52(31-38(53)35-59)61-49-24-14-12-22-45(49)54-42-20-10-9-15-36(42)25-29-51(54)61/h3-33H,1-2H3. The van der Waals surface area contributed by atoms with Gasteiger partial charge in [0.2, 0.25) is 0 Å². The van der Waals surface area contributed by atoms with Crippen LogP contribution in [0.25, 0.3) is 76.9 Å². The summed E-state index contributed by atoms with van der Waals surface area (Å²) >= 11 is 0. The number of nitrogens with zero attached hydrogens (tertiary/aromatic N) is 5. The van der Waals surface area contributed by atoms with E-state index in [4.69, 9.17) is 0 Å². The van der Waals surface area contributed by atoms with E-state index in [-0.39, 0.29) is 5.41 Å². The maximum absolute atomic E-state index is 11.3. The SMILES string of the molecule is CC1(C)c2ccccc2-c2c1ccc1c3cc(N(c4ccccc4)c4ccccc4)ccc3n(-c3cc(C#N)c(-n4c5ccccc5c5c6ccccc6ccc54)cc3C#N)c21. The zero-order chi connectivity index (χ0) is 41.7. The fraction of sp³-hybridized carbons (Fsp3) is 0.0526. The summed E-state index contributed by atoms with van der Waals surface area (Å²) in [6, 6.07) is 70.9. The molecular formula is C57H37N5. The number of fused-ring (bicyclic) bond motifs is 12. The fourth-order valence-electron chi connectivity index (χ4n) is 10.4. The van der Waals surface area contributed by atoms with Gasteiger partial charge in [-0.2, -0.15) is 10.5 Å². The first-order valence-electron chi connectivity index (χ1n) is 21.0. The number of benzene rings is 9. The molecule has 0 N–H and O–H groups in total. The molecule has 11 aromatic rings. The summed E-state index contributed by atoms with van der Waals surface area (Å²) in [5, 5.41) is 29.1. The number of nitriles is 2. The van der Waals surface area contributed by atoms with E-state index in [1.165, 1.54) is 16.7 Å². The van der Waals surface area contributed by atoms with E-state index in [2.05, 4.69) is 198 Å². The molecule has 1 aliphatic rings. The minimum Gasteiger partial charge on any atom is -0.310 e. The second kappa shape index (κ2) is 13.3. The molecule has 0 bridgehead atoms. The van der Waals surface area contributed by atoms with Crippen molar-refractivity contribution < 1.29 is 0 Å². The van der Waals surface area contributed by atoms with E-state index in [9.17, 15) is 10.5 Å². The van der Waals surface area contributed by atoms with Crippen LogP contribution in [-0.4, -0.2) is 9.13 Å². The van der Waals surface area contributed by atoms with Gasteiger partial charge in [0, 0.05) is 49.6 Å². The molecule has 9 aromatic carbocycles. The molecule has 0 saturated carbocycles. The predicted octanol–water partition coefficient (Wildman–Crippen LogP) is 14.6. The van der Waals surface area contributed by atoms with Crippen molar-refractivity contribution in [2.75, 3.05) is 4.90 Å². The summed E-state index contributed by atoms with van der Waals surface area (Å²) in [5.41, 5.74) is 14.0. The van der Waals surface area contributed by atoms with Gasteiger partial charge in [-0.05, 0) is 94.2 Å². The molecule has 5 nitrogen and oxygen atoms in total. The van der Waals surface area contributed by atoms with Gasteiger partial charge in [-0.25, -0.2) is 0 Å². The van der Waals surface area contributed by atoms with Gasteiger partial charge >= 0.3 is 0 Å². The van der Waals surface area contributed by atoms with Crippen molar-refractivity contribution in [2.24, 2.45) is 0 Å². The molecule has 2 heterocycles. The highest BCUT2D eigenvalue weighted by Gasteiger charge is 2.38. The first kappa shape index (κ1) is 35.6. The van der Waals surface area contributed by atoms with Crippen LogP contribution in [0.15, 0.2) is 188 Å². The number of hydrogen-bond donors (Lipinski definition) is 0. The Labute approximate surface area is 358 Å². The highest BCUT2D eigenvalue weighted by molar-refractivity contribution is 6.21. The van der Waals surface area contributed by atoms with Gasteiger partial charge in [0.25, 0.3) is 0 Å². The lowest BCUT2D eigenvalue weighted by atomic mass is 9.82. The van der Waals surface area contributed by atoms with Crippen molar-refractivity contribution in [3.63, 3.8) is 0 Å². The lowest BCUT2D eigenvalue weighted by Gasteiger charge is -2.25. The van der Waals surface area contributed by atoms with Crippen molar-refractivity contribution in [1.82, 2.24) is 9.13 Å². The van der Waals surface area contributed by atoms with Crippen LogP contribution in [0.3, 0.4) is 0 Å². The van der Waals surface area contributed by atoms with Gasteiger partial charge in [-0.3, -0.25) is 0 Å². The van der Waals surface area contributed by atoms with Crippen molar-refractivity contribution >= 4 is 71.4 Å². The molecule has 0 radical (unpaired) electrons. The Bertz CT molecular complexity index is 3700. The van der Waals surface area contributed by atoms with Gasteiger partial charge in [-0.1, -0.05) is 135 Å². The largest absolute Gasteiger partial charge is 0.310 e. The molecule has 12 rings (SSSR count). The lowest BCUT2D eigenvalue weighted by Crippen LogP contribution is -2.14. The number of aromatic nitrogens is 2. The van der Waals surface area contributed by atoms with Crippen LogP contribution in [-0.2, 0) is 5.41 Å². The molecule has 62 heavy (non-hydrogen) atoms. The molecule has 0 amide bonds. The smallest absolute Gasteiger partial charge is 0.101 e. The average molecular weight is 792 g/mol. The molecule has 0 saturated heterocycles. The molecule has 0 unspecified atom stereocenters. The van der Waals surface area contributed by atoms with Crippen molar-refractivity contribution in [2.45, 2.75) is 19.3 Å². The Hall–Kier alpha value is -8.38. The molecule has 2 aromatic heterocycles. The molecule has 0 aliphatic heterocycles. The average Bonchev–Trinajstić information content (AvgIpc) is 3.92. The summed E-state index contributed by atoms with van der Waals surface area (Å²) < 4.78 is 4.42. The Kier molecular flexibility index (Phi) is 7.64. The van der Waals surface area contributed by atoms with Crippen LogP contribution in [0.1, 0.15) is 36.1 Å². The number of rotatable bonds is 5. The van der Waals surface area contributed by atoms with Crippen molar-refractivity contribution in [1.29, 1.82) is 10.5 Å². The van der Waals surface area contributed by atoms with Gasteiger partial charge in [0.1, 0.15) is 12.1 Å². The first-order valence-corrected chi connectivity index (χ1v) is 21.0. The Morgan fingerprint density at radius 1 is 0.452 bits per heavy atom. The highest BCUT2D eigenvalue weighted by atomic mass is 15.1. The second-order valence-corrected chi connectivity index (χ2v) is 16.7. The van der Waals surface area contributed by atoms with Gasteiger partial charge in [0.05, 0.1) is 44.6 Å². The lowest BCUT2D eigenvalue weighted by molar-refractivity contribution is 0.661. The van der Waals surface area contributed by atoms with Crippen molar-refractivity contribution in [3.8, 4) is 34.6 Å². The van der Waals surface area contributed by atoms with E-state index in [0.717, 1.165) is 77.0 Å². The predicted molar refractivity (Wildman–Crippen MR) is 254 cm³/mol. The number of para-hydroxylation sites is 3. The van der Waals surface area contributed by atoms with E-state index in [0.29, 0.717) is 22.5 Å². The van der Waals surface area contributed by atoms with Gasteiger partial charge in [0.15, 0.2) is 0 Å². The second-order valence-electron chi connectivity index (χ2n) is 16.7. The highest BCUT2D eigenvalue weighted by Crippen LogP contribution is 2.53. The molecule has 0 atom stereocenters. The number of hydrogen-bond acceptors (Lipinski definition) is 3. The first-order chi connectivity index (χ1) is 30.5. The molecule has 1 aliphatic carbocycles. The minimum atomic E-state index is -0.246. The topological polar surface area (TPSA) is 60.7 Å². The Morgan fingerprint density at radius 2 is 1.05 bits per heavy atom.